The summed E-state index contributed by atoms with van der Waals surface area (Å²) in [5.74, 6) is -0.344. The monoisotopic (exact) mass is 569 g/mol. The van der Waals surface area contributed by atoms with E-state index in [1.807, 2.05) is 13.8 Å². The number of benzene rings is 2. The standard InChI is InChI=1S/C29H32ClN3O7/c1-3-39-18-9-5-8-17(14-18)22(15-25(34)35)31-29(38)32-26-27(36)19-10-6-12-23(19)33(28(26)37)16-20-21(30)11-7-13-24(20)40-4-2/h5,7-9,11,13-14,22,36H,3-4,6,10,12,15-16H2,1-2H3,(H,34,35)(H2,31,32,38)/t22-/m0/s1. The topological polar surface area (TPSA) is 139 Å². The van der Waals surface area contributed by atoms with Crippen LogP contribution in [0.5, 0.6) is 17.2 Å². The molecule has 0 radical (unpaired) electrons. The number of aromatic hydroxyl groups is 1. The molecule has 1 aliphatic carbocycles. The number of ether oxygens (including phenoxy) is 2. The highest BCUT2D eigenvalue weighted by Gasteiger charge is 2.28. The van der Waals surface area contributed by atoms with Crippen LogP contribution in [-0.4, -0.2) is 40.0 Å². The fourth-order valence-electron chi connectivity index (χ4n) is 4.93. The Kier molecular flexibility index (Phi) is 9.21. The zero-order chi connectivity index (χ0) is 28.8. The molecule has 40 heavy (non-hydrogen) atoms. The number of nitrogens with one attached hydrogen (secondary N) is 2. The van der Waals surface area contributed by atoms with Gasteiger partial charge in [-0.05, 0) is 62.9 Å². The van der Waals surface area contributed by atoms with Gasteiger partial charge < -0.3 is 34.9 Å². The maximum Gasteiger partial charge on any atom is 0.319 e. The average Bonchev–Trinajstić information content (AvgIpc) is 3.40. The molecule has 10 nitrogen and oxygen atoms in total. The van der Waals surface area contributed by atoms with Crippen molar-refractivity contribution in [1.82, 2.24) is 9.88 Å². The van der Waals surface area contributed by atoms with E-state index in [9.17, 15) is 24.6 Å². The molecule has 0 saturated carbocycles. The van der Waals surface area contributed by atoms with E-state index in [2.05, 4.69) is 10.6 Å². The van der Waals surface area contributed by atoms with Gasteiger partial charge in [-0.1, -0.05) is 29.8 Å². The Morgan fingerprint density at radius 2 is 1.85 bits per heavy atom. The fourth-order valence-corrected chi connectivity index (χ4v) is 5.16. The molecule has 1 atom stereocenters. The minimum Gasteiger partial charge on any atom is -0.505 e. The normalized spacial score (nSPS) is 12.9. The van der Waals surface area contributed by atoms with Crippen molar-refractivity contribution < 1.29 is 29.3 Å². The molecule has 11 heteroatoms. The molecule has 3 aromatic rings. The molecule has 1 aliphatic rings. The number of fused-ring (bicyclic) bond motifs is 1. The number of pyridine rings is 1. The van der Waals surface area contributed by atoms with E-state index in [-0.39, 0.29) is 18.0 Å². The number of rotatable bonds is 11. The van der Waals surface area contributed by atoms with Crippen molar-refractivity contribution in [2.75, 3.05) is 18.5 Å². The van der Waals surface area contributed by atoms with Crippen LogP contribution in [0, 0.1) is 0 Å². The van der Waals surface area contributed by atoms with E-state index in [0.717, 1.165) is 6.42 Å². The zero-order valence-electron chi connectivity index (χ0n) is 22.3. The van der Waals surface area contributed by atoms with E-state index in [4.69, 9.17) is 21.1 Å². The van der Waals surface area contributed by atoms with Crippen LogP contribution < -0.4 is 25.7 Å². The molecule has 0 aliphatic heterocycles. The van der Waals surface area contributed by atoms with Crippen molar-refractivity contribution >= 4 is 29.3 Å². The molecular formula is C29H32ClN3O7. The van der Waals surface area contributed by atoms with Gasteiger partial charge in [0.1, 0.15) is 17.2 Å². The molecule has 0 fully saturated rings. The minimum atomic E-state index is -1.13. The van der Waals surface area contributed by atoms with Crippen LogP contribution >= 0.6 is 11.6 Å². The smallest absolute Gasteiger partial charge is 0.319 e. The average molecular weight is 570 g/mol. The highest BCUT2D eigenvalue weighted by Crippen LogP contribution is 2.35. The summed E-state index contributed by atoms with van der Waals surface area (Å²) in [5, 5.41) is 26.0. The van der Waals surface area contributed by atoms with Gasteiger partial charge in [-0.2, -0.15) is 0 Å². The number of nitrogens with zero attached hydrogens (tertiary/aromatic N) is 1. The molecule has 0 saturated heterocycles. The molecule has 212 valence electrons. The van der Waals surface area contributed by atoms with Crippen molar-refractivity contribution in [2.45, 2.75) is 52.1 Å². The predicted octanol–water partition coefficient (Wildman–Crippen LogP) is 4.88. The Morgan fingerprint density at radius 1 is 1.10 bits per heavy atom. The lowest BCUT2D eigenvalue weighted by Gasteiger charge is -2.21. The van der Waals surface area contributed by atoms with Crippen molar-refractivity contribution in [3.8, 4) is 17.2 Å². The molecule has 1 aromatic heterocycles. The van der Waals surface area contributed by atoms with Crippen LogP contribution in [0.25, 0.3) is 0 Å². The molecule has 4 rings (SSSR count). The van der Waals surface area contributed by atoms with Crippen LogP contribution in [-0.2, 0) is 24.2 Å². The first-order chi connectivity index (χ1) is 19.2. The SMILES string of the molecule is CCOc1cccc([C@H](CC(=O)O)NC(=O)Nc2c(O)c3c(n(Cc4c(Cl)cccc4OCC)c2=O)CCC3)c1. The second kappa shape index (κ2) is 12.8. The maximum atomic E-state index is 13.7. The molecular weight excluding hydrogens is 538 g/mol. The number of carboxylic acid groups (broad SMARTS) is 1. The number of halogens is 1. The summed E-state index contributed by atoms with van der Waals surface area (Å²) < 4.78 is 12.7. The number of hydrogen-bond acceptors (Lipinski definition) is 6. The van der Waals surface area contributed by atoms with Gasteiger partial charge in [0.05, 0.1) is 32.2 Å². The maximum absolute atomic E-state index is 13.7. The Morgan fingerprint density at radius 3 is 2.58 bits per heavy atom. The minimum absolute atomic E-state index is 0.0820. The third kappa shape index (κ3) is 6.34. The van der Waals surface area contributed by atoms with Gasteiger partial charge in [0.15, 0.2) is 5.69 Å². The van der Waals surface area contributed by atoms with Crippen LogP contribution in [0.2, 0.25) is 5.02 Å². The van der Waals surface area contributed by atoms with Crippen molar-refractivity contribution in [3.63, 3.8) is 0 Å². The van der Waals surface area contributed by atoms with E-state index < -0.39 is 30.0 Å². The number of carbonyl (C=O) groups is 2. The number of amides is 2. The van der Waals surface area contributed by atoms with Crippen molar-refractivity contribution in [2.24, 2.45) is 0 Å². The predicted molar refractivity (Wildman–Crippen MR) is 151 cm³/mol. The number of hydrogen-bond donors (Lipinski definition) is 4. The van der Waals surface area contributed by atoms with E-state index in [1.165, 1.54) is 4.57 Å². The zero-order valence-corrected chi connectivity index (χ0v) is 23.1. The first-order valence-electron chi connectivity index (χ1n) is 13.1. The first kappa shape index (κ1) is 28.8. The summed E-state index contributed by atoms with van der Waals surface area (Å²) in [7, 11) is 0. The van der Waals surface area contributed by atoms with Gasteiger partial charge in [-0.3, -0.25) is 9.59 Å². The molecule has 1 heterocycles. The Bertz CT molecular complexity index is 1470. The van der Waals surface area contributed by atoms with Gasteiger partial charge in [0.25, 0.3) is 5.56 Å². The quantitative estimate of drug-likeness (QED) is 0.258. The van der Waals surface area contributed by atoms with E-state index in [1.54, 1.807) is 42.5 Å². The summed E-state index contributed by atoms with van der Waals surface area (Å²) in [6.45, 7) is 4.59. The fraction of sp³-hybridized carbons (Fsp3) is 0.345. The summed E-state index contributed by atoms with van der Waals surface area (Å²) >= 11 is 6.48. The molecule has 0 bridgehead atoms. The van der Waals surface area contributed by atoms with E-state index in [0.29, 0.717) is 65.0 Å². The molecule has 2 aromatic carbocycles. The van der Waals surface area contributed by atoms with E-state index >= 15 is 0 Å². The first-order valence-corrected chi connectivity index (χ1v) is 13.5. The number of anilines is 1. The number of aliphatic carboxylic acids is 1. The summed E-state index contributed by atoms with van der Waals surface area (Å²) in [4.78, 5) is 38.4. The summed E-state index contributed by atoms with van der Waals surface area (Å²) in [6, 6.07) is 10.2. The molecule has 0 unspecified atom stereocenters. The second-order valence-electron chi connectivity index (χ2n) is 9.30. The lowest BCUT2D eigenvalue weighted by Crippen LogP contribution is -2.37. The van der Waals surface area contributed by atoms with Crippen LogP contribution in [0.1, 0.15) is 55.1 Å². The number of carboxylic acids is 1. The third-order valence-electron chi connectivity index (χ3n) is 6.68. The van der Waals surface area contributed by atoms with Gasteiger partial charge in [0, 0.05) is 21.8 Å². The number of urea groups is 1. The molecule has 0 spiro atoms. The Hall–Kier alpha value is -4.18. The van der Waals surface area contributed by atoms with Gasteiger partial charge in [-0.25, -0.2) is 4.79 Å². The van der Waals surface area contributed by atoms with Crippen LogP contribution in [0.4, 0.5) is 10.5 Å². The molecule has 2 amide bonds. The van der Waals surface area contributed by atoms with Crippen LogP contribution in [0.15, 0.2) is 47.3 Å². The number of aromatic nitrogens is 1. The van der Waals surface area contributed by atoms with Crippen molar-refractivity contribution in [1.29, 1.82) is 0 Å². The van der Waals surface area contributed by atoms with Crippen molar-refractivity contribution in [3.05, 3.63) is 80.2 Å². The largest absolute Gasteiger partial charge is 0.505 e. The van der Waals surface area contributed by atoms with Gasteiger partial charge in [0.2, 0.25) is 0 Å². The second-order valence-corrected chi connectivity index (χ2v) is 9.70. The Balaban J connectivity index is 1.67. The van der Waals surface area contributed by atoms with Gasteiger partial charge in [-0.15, -0.1) is 0 Å². The van der Waals surface area contributed by atoms with Gasteiger partial charge >= 0.3 is 12.0 Å². The van der Waals surface area contributed by atoms with Crippen LogP contribution in [0.3, 0.4) is 0 Å². The third-order valence-corrected chi connectivity index (χ3v) is 7.04. The number of carbonyl (C=O) groups excluding carboxylic acids is 1. The lowest BCUT2D eigenvalue weighted by atomic mass is 10.0. The lowest BCUT2D eigenvalue weighted by molar-refractivity contribution is -0.137. The molecule has 4 N–H and O–H groups in total. The highest BCUT2D eigenvalue weighted by atomic mass is 35.5. The Labute approximate surface area is 236 Å². The summed E-state index contributed by atoms with van der Waals surface area (Å²) in [5.41, 5.74) is 1.48. The summed E-state index contributed by atoms with van der Waals surface area (Å²) in [6.07, 6.45) is 1.44. The highest BCUT2D eigenvalue weighted by molar-refractivity contribution is 6.31.